The summed E-state index contributed by atoms with van der Waals surface area (Å²) in [4.78, 5) is 8.78. The zero-order valence-electron chi connectivity index (χ0n) is 15.0. The Balaban J connectivity index is 1.80. The molecular weight excluding hydrogens is 344 g/mol. The SMILES string of the molecule is Cn1ccc(CNc2nc(-c3cnn(CCO)c3)cnc2N)ccccn1. The molecule has 140 valence electrons. The van der Waals surface area contributed by atoms with Crippen LogP contribution < -0.4 is 11.1 Å². The van der Waals surface area contributed by atoms with Crippen LogP contribution in [-0.2, 0) is 20.1 Å². The number of hydrogen-bond donors (Lipinski definition) is 3. The van der Waals surface area contributed by atoms with E-state index in [9.17, 15) is 0 Å². The van der Waals surface area contributed by atoms with Crippen molar-refractivity contribution in [1.29, 1.82) is 0 Å². The van der Waals surface area contributed by atoms with Gasteiger partial charge in [0.05, 0.1) is 31.2 Å². The highest BCUT2D eigenvalue weighted by atomic mass is 16.3. The Hall–Kier alpha value is -3.46. The van der Waals surface area contributed by atoms with Crippen LogP contribution in [0.1, 0.15) is 5.56 Å². The van der Waals surface area contributed by atoms with Gasteiger partial charge in [-0.15, -0.1) is 0 Å². The van der Waals surface area contributed by atoms with Crippen molar-refractivity contribution in [2.75, 3.05) is 17.7 Å². The van der Waals surface area contributed by atoms with E-state index < -0.39 is 0 Å². The molecule has 0 atom stereocenters. The van der Waals surface area contributed by atoms with Crippen LogP contribution in [0.5, 0.6) is 0 Å². The third-order valence-electron chi connectivity index (χ3n) is 3.78. The number of nitrogens with two attached hydrogens (primary N) is 1. The van der Waals surface area contributed by atoms with E-state index in [-0.39, 0.29) is 6.61 Å². The maximum atomic E-state index is 9.00. The van der Waals surface area contributed by atoms with Gasteiger partial charge in [0.25, 0.3) is 0 Å². The molecule has 9 heteroatoms. The predicted octanol–water partition coefficient (Wildman–Crippen LogP) is 1.38. The standard InChI is InChI=1S/C18H22N8O/c1-25-7-5-14(4-2-3-6-22-25)10-21-18-17(19)20-12-16(24-18)15-11-23-26(13-15)8-9-27/h2-7,11-13,27H,8-10H2,1H3,(H2,19,20)(H,21,24). The highest BCUT2D eigenvalue weighted by Crippen LogP contribution is 2.21. The molecule has 0 bridgehead atoms. The molecule has 0 aliphatic rings. The molecule has 0 amide bonds. The van der Waals surface area contributed by atoms with Gasteiger partial charge in [-0.25, -0.2) is 9.97 Å². The molecule has 9 nitrogen and oxygen atoms in total. The lowest BCUT2D eigenvalue weighted by Crippen LogP contribution is -2.06. The molecule has 0 saturated carbocycles. The molecule has 0 aliphatic heterocycles. The van der Waals surface area contributed by atoms with E-state index in [1.165, 1.54) is 0 Å². The van der Waals surface area contributed by atoms with Crippen LogP contribution in [0.2, 0.25) is 0 Å². The van der Waals surface area contributed by atoms with Crippen molar-refractivity contribution in [3.63, 3.8) is 0 Å². The second-order valence-corrected chi connectivity index (χ2v) is 5.84. The molecular formula is C18H22N8O. The molecule has 3 rings (SSSR count). The number of nitrogens with one attached hydrogen (secondary N) is 1. The van der Waals surface area contributed by atoms with Crippen molar-refractivity contribution in [2.24, 2.45) is 7.05 Å². The van der Waals surface area contributed by atoms with Gasteiger partial charge in [-0.3, -0.25) is 9.36 Å². The fourth-order valence-electron chi connectivity index (χ4n) is 2.36. The molecule has 0 radical (unpaired) electrons. The third kappa shape index (κ3) is 5.02. The summed E-state index contributed by atoms with van der Waals surface area (Å²) >= 11 is 0. The lowest BCUT2D eigenvalue weighted by atomic mass is 10.2. The fourth-order valence-corrected chi connectivity index (χ4v) is 2.36. The zero-order valence-corrected chi connectivity index (χ0v) is 15.0. The topological polar surface area (TPSA) is 120 Å². The largest absolute Gasteiger partial charge is 0.394 e. The van der Waals surface area contributed by atoms with Gasteiger partial charge in [-0.1, -0.05) is 12.1 Å². The number of aliphatic hydroxyl groups excluding tert-OH is 1. The summed E-state index contributed by atoms with van der Waals surface area (Å²) < 4.78 is 3.38. The van der Waals surface area contributed by atoms with E-state index in [1.54, 1.807) is 28.0 Å². The number of aliphatic hydroxyl groups is 1. The molecule has 4 N–H and O–H groups in total. The summed E-state index contributed by atoms with van der Waals surface area (Å²) in [6.45, 7) is 0.985. The summed E-state index contributed by atoms with van der Waals surface area (Å²) in [7, 11) is 1.86. The Labute approximate surface area is 156 Å². The Kier molecular flexibility index (Phi) is 5.95. The molecule has 0 aliphatic carbocycles. The smallest absolute Gasteiger partial charge is 0.169 e. The van der Waals surface area contributed by atoms with Crippen LogP contribution >= 0.6 is 0 Å². The molecule has 0 aromatic carbocycles. The second kappa shape index (κ2) is 8.77. The van der Waals surface area contributed by atoms with Crippen LogP contribution in [0.15, 0.2) is 55.2 Å². The van der Waals surface area contributed by atoms with Crippen LogP contribution in [0, 0.1) is 0 Å². The van der Waals surface area contributed by atoms with Crippen molar-refractivity contribution in [3.05, 3.63) is 60.8 Å². The van der Waals surface area contributed by atoms with E-state index in [4.69, 9.17) is 10.8 Å². The van der Waals surface area contributed by atoms with Crippen molar-refractivity contribution in [2.45, 2.75) is 13.1 Å². The van der Waals surface area contributed by atoms with Crippen molar-refractivity contribution in [3.8, 4) is 11.3 Å². The van der Waals surface area contributed by atoms with Gasteiger partial charge in [0.2, 0.25) is 0 Å². The van der Waals surface area contributed by atoms with Gasteiger partial charge in [-0.05, 0) is 17.7 Å². The van der Waals surface area contributed by atoms with E-state index >= 15 is 0 Å². The third-order valence-corrected chi connectivity index (χ3v) is 3.78. The average Bonchev–Trinajstić information content (AvgIpc) is 3.15. The molecule has 27 heavy (non-hydrogen) atoms. The minimum absolute atomic E-state index is 0.0264. The number of nitrogen functional groups attached to an aromatic ring is 1. The van der Waals surface area contributed by atoms with Crippen LogP contribution in [-0.4, -0.2) is 41.2 Å². The van der Waals surface area contributed by atoms with Gasteiger partial charge >= 0.3 is 0 Å². The lowest BCUT2D eigenvalue weighted by Gasteiger charge is -2.08. The summed E-state index contributed by atoms with van der Waals surface area (Å²) in [5.41, 5.74) is 8.47. The molecule has 0 fully saturated rings. The summed E-state index contributed by atoms with van der Waals surface area (Å²) in [6.07, 6.45) is 8.70. The molecule has 3 heterocycles. The minimum Gasteiger partial charge on any atom is -0.394 e. The first-order valence-corrected chi connectivity index (χ1v) is 8.46. The van der Waals surface area contributed by atoms with Gasteiger partial charge in [-0.2, -0.15) is 10.2 Å². The number of anilines is 2. The van der Waals surface area contributed by atoms with E-state index in [0.29, 0.717) is 30.4 Å². The van der Waals surface area contributed by atoms with E-state index in [2.05, 4.69) is 25.5 Å². The number of nitrogens with zero attached hydrogens (tertiary/aromatic N) is 6. The normalized spacial score (nSPS) is 10.4. The summed E-state index contributed by atoms with van der Waals surface area (Å²) in [5, 5.41) is 20.6. The quantitative estimate of drug-likeness (QED) is 0.603. The first kappa shape index (κ1) is 18.3. The first-order chi connectivity index (χ1) is 13.2. The molecule has 3 aromatic heterocycles. The molecule has 0 unspecified atom stereocenters. The van der Waals surface area contributed by atoms with Crippen molar-refractivity contribution in [1.82, 2.24) is 29.5 Å². The first-order valence-electron chi connectivity index (χ1n) is 8.46. The summed E-state index contributed by atoms with van der Waals surface area (Å²) in [5.74, 6) is 0.829. The Bertz CT molecular complexity index is 948. The van der Waals surface area contributed by atoms with Crippen LogP contribution in [0.25, 0.3) is 11.3 Å². The predicted molar refractivity (Wildman–Crippen MR) is 103 cm³/mol. The number of rotatable bonds is 6. The Morgan fingerprint density at radius 2 is 2.07 bits per heavy atom. The molecule has 0 saturated heterocycles. The van der Waals surface area contributed by atoms with Gasteiger partial charge in [0, 0.05) is 37.7 Å². The Morgan fingerprint density at radius 3 is 2.93 bits per heavy atom. The van der Waals surface area contributed by atoms with Gasteiger partial charge in [0.15, 0.2) is 11.6 Å². The van der Waals surface area contributed by atoms with Crippen LogP contribution in [0.4, 0.5) is 11.6 Å². The van der Waals surface area contributed by atoms with Gasteiger partial charge in [0.1, 0.15) is 0 Å². The molecule has 3 aromatic rings. The average molecular weight is 366 g/mol. The number of hydrogen-bond acceptors (Lipinski definition) is 7. The highest BCUT2D eigenvalue weighted by Gasteiger charge is 2.08. The second-order valence-electron chi connectivity index (χ2n) is 5.84. The van der Waals surface area contributed by atoms with Crippen molar-refractivity contribution >= 4 is 11.6 Å². The number of aryl methyl sites for hydroxylation is 1. The zero-order chi connectivity index (χ0) is 19.1. The van der Waals surface area contributed by atoms with E-state index in [0.717, 1.165) is 11.1 Å². The van der Waals surface area contributed by atoms with Gasteiger partial charge < -0.3 is 16.2 Å². The van der Waals surface area contributed by atoms with E-state index in [1.807, 2.05) is 43.7 Å². The Morgan fingerprint density at radius 1 is 1.19 bits per heavy atom. The number of aromatic nitrogens is 6. The highest BCUT2D eigenvalue weighted by molar-refractivity contribution is 5.64. The van der Waals surface area contributed by atoms with Crippen molar-refractivity contribution < 1.29 is 5.11 Å². The monoisotopic (exact) mass is 366 g/mol. The summed E-state index contributed by atoms with van der Waals surface area (Å²) in [6, 6.07) is 7.74. The lowest BCUT2D eigenvalue weighted by molar-refractivity contribution is 0.269. The maximum Gasteiger partial charge on any atom is 0.169 e. The van der Waals surface area contributed by atoms with Crippen LogP contribution in [0.3, 0.4) is 0 Å². The maximum absolute atomic E-state index is 9.00. The minimum atomic E-state index is 0.0264. The fraction of sp³-hybridized carbons (Fsp3) is 0.222. The molecule has 0 spiro atoms.